The lowest BCUT2D eigenvalue weighted by atomic mass is 10.2. The summed E-state index contributed by atoms with van der Waals surface area (Å²) in [6, 6.07) is 6.17. The Bertz CT molecular complexity index is 816. The topological polar surface area (TPSA) is 46.9 Å². The third-order valence-electron chi connectivity index (χ3n) is 3.37. The molecular weight excluding hydrogens is 289 g/mol. The van der Waals surface area contributed by atoms with E-state index in [-0.39, 0.29) is 11.7 Å². The molecule has 0 aliphatic rings. The predicted molar refractivity (Wildman–Crippen MR) is 82.4 cm³/mol. The van der Waals surface area contributed by atoms with Gasteiger partial charge in [0, 0.05) is 18.1 Å². The molecule has 1 N–H and O–H groups in total. The number of nitrogens with one attached hydrogen (secondary N) is 1. The predicted octanol–water partition coefficient (Wildman–Crippen LogP) is 3.64. The summed E-state index contributed by atoms with van der Waals surface area (Å²) in [7, 11) is 1.85. The van der Waals surface area contributed by atoms with Gasteiger partial charge in [-0.15, -0.1) is 11.3 Å². The van der Waals surface area contributed by atoms with Gasteiger partial charge in [0.05, 0.1) is 10.6 Å². The number of aromatic nitrogens is 2. The molecule has 0 saturated carbocycles. The van der Waals surface area contributed by atoms with Crippen LogP contribution in [0.4, 0.5) is 10.1 Å². The Morgan fingerprint density at radius 2 is 2.10 bits per heavy atom. The maximum Gasteiger partial charge on any atom is 0.265 e. The SMILES string of the molecule is Cc1ccc(F)cc1NC(=O)c1cc2c(C)nn(C)c2s1. The minimum Gasteiger partial charge on any atom is -0.321 e. The number of anilines is 1. The van der Waals surface area contributed by atoms with E-state index >= 15 is 0 Å². The molecule has 2 aromatic heterocycles. The van der Waals surface area contributed by atoms with Gasteiger partial charge in [0.15, 0.2) is 0 Å². The van der Waals surface area contributed by atoms with Crippen molar-refractivity contribution in [2.24, 2.45) is 7.05 Å². The third-order valence-corrected chi connectivity index (χ3v) is 4.57. The highest BCUT2D eigenvalue weighted by atomic mass is 32.1. The van der Waals surface area contributed by atoms with Crippen molar-refractivity contribution in [1.29, 1.82) is 0 Å². The van der Waals surface area contributed by atoms with Gasteiger partial charge >= 0.3 is 0 Å². The number of amides is 1. The molecule has 0 saturated heterocycles. The molecule has 3 aromatic rings. The lowest BCUT2D eigenvalue weighted by Gasteiger charge is -2.07. The molecule has 21 heavy (non-hydrogen) atoms. The summed E-state index contributed by atoms with van der Waals surface area (Å²) in [6.07, 6.45) is 0. The van der Waals surface area contributed by atoms with E-state index in [2.05, 4.69) is 10.4 Å². The van der Waals surface area contributed by atoms with E-state index in [1.165, 1.54) is 23.5 Å². The number of hydrogen-bond acceptors (Lipinski definition) is 3. The largest absolute Gasteiger partial charge is 0.321 e. The van der Waals surface area contributed by atoms with Crippen molar-refractivity contribution in [1.82, 2.24) is 9.78 Å². The summed E-state index contributed by atoms with van der Waals surface area (Å²) >= 11 is 1.38. The fourth-order valence-electron chi connectivity index (χ4n) is 2.23. The first-order chi connectivity index (χ1) is 9.95. The van der Waals surface area contributed by atoms with Crippen LogP contribution in [0.2, 0.25) is 0 Å². The van der Waals surface area contributed by atoms with Gasteiger partial charge in [-0.2, -0.15) is 5.10 Å². The van der Waals surface area contributed by atoms with Gasteiger partial charge in [-0.3, -0.25) is 9.48 Å². The minimum absolute atomic E-state index is 0.232. The summed E-state index contributed by atoms with van der Waals surface area (Å²) in [4.78, 5) is 13.9. The number of halogens is 1. The van der Waals surface area contributed by atoms with Crippen molar-refractivity contribution in [3.8, 4) is 0 Å². The Kier molecular flexibility index (Phi) is 3.25. The Balaban J connectivity index is 1.93. The summed E-state index contributed by atoms with van der Waals surface area (Å²) in [5, 5.41) is 8.04. The first-order valence-electron chi connectivity index (χ1n) is 6.46. The van der Waals surface area contributed by atoms with Crippen LogP contribution in [0.1, 0.15) is 20.9 Å². The van der Waals surface area contributed by atoms with Crippen molar-refractivity contribution in [2.45, 2.75) is 13.8 Å². The molecule has 1 aromatic carbocycles. The van der Waals surface area contributed by atoms with Crippen molar-refractivity contribution in [3.63, 3.8) is 0 Å². The highest BCUT2D eigenvalue weighted by Gasteiger charge is 2.15. The fraction of sp³-hybridized carbons (Fsp3) is 0.200. The number of fused-ring (bicyclic) bond motifs is 1. The van der Waals surface area contributed by atoms with E-state index < -0.39 is 0 Å². The van der Waals surface area contributed by atoms with E-state index in [1.807, 2.05) is 27.0 Å². The van der Waals surface area contributed by atoms with Gasteiger partial charge in [0.25, 0.3) is 5.91 Å². The smallest absolute Gasteiger partial charge is 0.265 e. The summed E-state index contributed by atoms with van der Waals surface area (Å²) in [5.74, 6) is -0.600. The number of thiophene rings is 1. The van der Waals surface area contributed by atoms with Crippen LogP contribution in [-0.2, 0) is 7.05 Å². The zero-order valence-electron chi connectivity index (χ0n) is 11.9. The third kappa shape index (κ3) is 2.42. The molecule has 0 fully saturated rings. The van der Waals surface area contributed by atoms with Gasteiger partial charge in [-0.05, 0) is 37.6 Å². The minimum atomic E-state index is -0.368. The monoisotopic (exact) mass is 303 g/mol. The van der Waals surface area contributed by atoms with Crippen molar-refractivity contribution < 1.29 is 9.18 Å². The van der Waals surface area contributed by atoms with Crippen molar-refractivity contribution in [3.05, 3.63) is 46.2 Å². The molecule has 2 heterocycles. The number of hydrogen-bond donors (Lipinski definition) is 1. The molecule has 0 spiro atoms. The molecule has 0 unspecified atom stereocenters. The number of benzene rings is 1. The molecular formula is C15H14FN3OS. The zero-order chi connectivity index (χ0) is 15.1. The highest BCUT2D eigenvalue weighted by molar-refractivity contribution is 7.20. The van der Waals surface area contributed by atoms with Gasteiger partial charge in [0.2, 0.25) is 0 Å². The van der Waals surface area contributed by atoms with Gasteiger partial charge in [-0.1, -0.05) is 6.07 Å². The van der Waals surface area contributed by atoms with E-state index in [4.69, 9.17) is 0 Å². The molecule has 0 bridgehead atoms. The fourth-order valence-corrected chi connectivity index (χ4v) is 3.25. The van der Waals surface area contributed by atoms with Crippen LogP contribution in [0.5, 0.6) is 0 Å². The number of rotatable bonds is 2. The normalized spacial score (nSPS) is 11.0. The van der Waals surface area contributed by atoms with Crippen LogP contribution in [0, 0.1) is 19.7 Å². The lowest BCUT2D eigenvalue weighted by Crippen LogP contribution is -2.11. The Labute approximate surface area is 125 Å². The Hall–Kier alpha value is -2.21. The summed E-state index contributed by atoms with van der Waals surface area (Å²) in [5.41, 5.74) is 2.21. The number of nitrogens with zero attached hydrogens (tertiary/aromatic N) is 2. The summed E-state index contributed by atoms with van der Waals surface area (Å²) < 4.78 is 15.0. The van der Waals surface area contributed by atoms with Gasteiger partial charge < -0.3 is 5.32 Å². The quantitative estimate of drug-likeness (QED) is 0.785. The van der Waals surface area contributed by atoms with E-state index in [9.17, 15) is 9.18 Å². The van der Waals surface area contributed by atoms with Gasteiger partial charge in [0.1, 0.15) is 10.6 Å². The van der Waals surface area contributed by atoms with Crippen molar-refractivity contribution >= 4 is 33.1 Å². The molecule has 6 heteroatoms. The molecule has 0 aliphatic heterocycles. The van der Waals surface area contributed by atoms with Crippen LogP contribution in [0.3, 0.4) is 0 Å². The second kappa shape index (κ2) is 4.96. The van der Waals surface area contributed by atoms with Crippen LogP contribution in [0.15, 0.2) is 24.3 Å². The Morgan fingerprint density at radius 3 is 2.81 bits per heavy atom. The molecule has 4 nitrogen and oxygen atoms in total. The average molecular weight is 303 g/mol. The van der Waals surface area contributed by atoms with Gasteiger partial charge in [-0.25, -0.2) is 4.39 Å². The second-order valence-electron chi connectivity index (χ2n) is 4.95. The van der Waals surface area contributed by atoms with Crippen molar-refractivity contribution in [2.75, 3.05) is 5.32 Å². The van der Waals surface area contributed by atoms with E-state index in [1.54, 1.807) is 10.7 Å². The molecule has 0 atom stereocenters. The van der Waals surface area contributed by atoms with Crippen LogP contribution < -0.4 is 5.32 Å². The zero-order valence-corrected chi connectivity index (χ0v) is 12.7. The molecule has 1 amide bonds. The maximum absolute atomic E-state index is 13.3. The second-order valence-corrected chi connectivity index (χ2v) is 5.98. The van der Waals surface area contributed by atoms with Crippen LogP contribution in [-0.4, -0.2) is 15.7 Å². The molecule has 0 aliphatic carbocycles. The molecule has 0 radical (unpaired) electrons. The molecule has 3 rings (SSSR count). The van der Waals surface area contributed by atoms with E-state index in [0.29, 0.717) is 10.6 Å². The number of carbonyl (C=O) groups excluding carboxylic acids is 1. The van der Waals surface area contributed by atoms with E-state index in [0.717, 1.165) is 21.5 Å². The lowest BCUT2D eigenvalue weighted by molar-refractivity contribution is 0.103. The maximum atomic E-state index is 13.3. The standard InChI is InChI=1S/C15H14FN3OS/c1-8-4-5-10(16)6-12(8)17-14(20)13-7-11-9(2)18-19(3)15(11)21-13/h4-7H,1-3H3,(H,17,20). The summed E-state index contributed by atoms with van der Waals surface area (Å²) in [6.45, 7) is 3.74. The van der Waals surface area contributed by atoms with Crippen LogP contribution in [0.25, 0.3) is 10.2 Å². The molecule has 108 valence electrons. The number of carbonyl (C=O) groups is 1. The first-order valence-corrected chi connectivity index (χ1v) is 7.28. The Morgan fingerprint density at radius 1 is 1.33 bits per heavy atom. The average Bonchev–Trinajstić information content (AvgIpc) is 2.97. The van der Waals surface area contributed by atoms with Crippen LogP contribution >= 0.6 is 11.3 Å². The first kappa shape index (κ1) is 13.8. The number of aryl methyl sites for hydroxylation is 3. The highest BCUT2D eigenvalue weighted by Crippen LogP contribution is 2.28.